The van der Waals surface area contributed by atoms with E-state index in [2.05, 4.69) is 15.1 Å². The van der Waals surface area contributed by atoms with Gasteiger partial charge < -0.3 is 4.90 Å². The maximum atomic E-state index is 13.0. The zero-order valence-electron chi connectivity index (χ0n) is 17.9. The van der Waals surface area contributed by atoms with Gasteiger partial charge in [0.25, 0.3) is 11.6 Å². The number of aryl methyl sites for hydroxylation is 2. The summed E-state index contributed by atoms with van der Waals surface area (Å²) in [6.07, 6.45) is -4.79. The SMILES string of the molecule is Cc1nc2nc(C(F)(F)F)nn2c(C)c1CC(=O)N1CCN(S(=O)(=O)c2ccccc2)CC1. The molecular weight excluding hydrogens is 461 g/mol. The Hall–Kier alpha value is -3.06. The van der Waals surface area contributed by atoms with Crippen molar-refractivity contribution in [3.8, 4) is 0 Å². The topological polar surface area (TPSA) is 101 Å². The molecule has 0 bridgehead atoms. The molecule has 1 fully saturated rings. The molecule has 33 heavy (non-hydrogen) atoms. The summed E-state index contributed by atoms with van der Waals surface area (Å²) in [4.78, 5) is 22.2. The summed E-state index contributed by atoms with van der Waals surface area (Å²) >= 11 is 0. The second-order valence-corrected chi connectivity index (χ2v) is 9.62. The number of hydrogen-bond donors (Lipinski definition) is 0. The van der Waals surface area contributed by atoms with E-state index in [-0.39, 0.29) is 49.2 Å². The summed E-state index contributed by atoms with van der Waals surface area (Å²) in [5.41, 5.74) is 1.20. The Bertz CT molecular complexity index is 1300. The van der Waals surface area contributed by atoms with Crippen LogP contribution in [0.5, 0.6) is 0 Å². The highest BCUT2D eigenvalue weighted by Gasteiger charge is 2.37. The summed E-state index contributed by atoms with van der Waals surface area (Å²) in [5, 5.41) is 3.49. The predicted octanol–water partition coefficient (Wildman–Crippen LogP) is 1.84. The van der Waals surface area contributed by atoms with E-state index < -0.39 is 22.0 Å². The highest BCUT2D eigenvalue weighted by atomic mass is 32.2. The standard InChI is InChI=1S/C20H21F3N6O3S/c1-13-16(14(2)29-19(24-13)25-18(26-29)20(21,22)23)12-17(30)27-8-10-28(11-9-27)33(31,32)15-6-4-3-5-7-15/h3-7H,8-12H2,1-2H3. The lowest BCUT2D eigenvalue weighted by molar-refractivity contribution is -0.144. The summed E-state index contributed by atoms with van der Waals surface area (Å²) in [5.74, 6) is -1.75. The van der Waals surface area contributed by atoms with Gasteiger partial charge in [0, 0.05) is 43.1 Å². The van der Waals surface area contributed by atoms with Gasteiger partial charge in [0.1, 0.15) is 0 Å². The van der Waals surface area contributed by atoms with Crippen LogP contribution in [0.15, 0.2) is 35.2 Å². The van der Waals surface area contributed by atoms with Crippen molar-refractivity contribution in [3.63, 3.8) is 0 Å². The molecule has 0 aliphatic carbocycles. The number of rotatable bonds is 4. The minimum atomic E-state index is -4.70. The van der Waals surface area contributed by atoms with E-state index in [1.54, 1.807) is 36.9 Å². The van der Waals surface area contributed by atoms with Crippen LogP contribution in [0.3, 0.4) is 0 Å². The third kappa shape index (κ3) is 4.42. The van der Waals surface area contributed by atoms with Crippen LogP contribution in [0.2, 0.25) is 0 Å². The van der Waals surface area contributed by atoms with Gasteiger partial charge in [-0.25, -0.2) is 17.9 Å². The summed E-state index contributed by atoms with van der Waals surface area (Å²) in [7, 11) is -3.64. The molecule has 9 nitrogen and oxygen atoms in total. The van der Waals surface area contributed by atoms with Crippen LogP contribution < -0.4 is 0 Å². The van der Waals surface area contributed by atoms with E-state index in [4.69, 9.17) is 0 Å². The number of carbonyl (C=O) groups is 1. The van der Waals surface area contributed by atoms with Crippen LogP contribution in [0.4, 0.5) is 13.2 Å². The molecule has 3 heterocycles. The van der Waals surface area contributed by atoms with E-state index in [1.165, 1.54) is 16.4 Å². The van der Waals surface area contributed by atoms with Crippen LogP contribution in [-0.4, -0.2) is 69.3 Å². The van der Waals surface area contributed by atoms with E-state index >= 15 is 0 Å². The molecule has 1 aliphatic rings. The number of amides is 1. The Labute approximate surface area is 187 Å². The molecule has 1 aromatic carbocycles. The van der Waals surface area contributed by atoms with Crippen molar-refractivity contribution in [2.45, 2.75) is 31.3 Å². The van der Waals surface area contributed by atoms with Gasteiger partial charge in [0.05, 0.1) is 11.3 Å². The first-order valence-electron chi connectivity index (χ1n) is 10.1. The van der Waals surface area contributed by atoms with Crippen molar-refractivity contribution in [2.24, 2.45) is 0 Å². The highest BCUT2D eigenvalue weighted by molar-refractivity contribution is 7.89. The first kappa shape index (κ1) is 23.1. The number of benzene rings is 1. The molecule has 1 aliphatic heterocycles. The van der Waals surface area contributed by atoms with E-state index in [0.29, 0.717) is 17.0 Å². The van der Waals surface area contributed by atoms with Gasteiger partial charge in [-0.2, -0.15) is 22.5 Å². The second kappa shape index (κ2) is 8.37. The van der Waals surface area contributed by atoms with Crippen molar-refractivity contribution < 1.29 is 26.4 Å². The van der Waals surface area contributed by atoms with Crippen LogP contribution >= 0.6 is 0 Å². The zero-order valence-corrected chi connectivity index (χ0v) is 18.7. The van der Waals surface area contributed by atoms with Gasteiger partial charge in [0.2, 0.25) is 15.9 Å². The van der Waals surface area contributed by atoms with E-state index in [1.807, 2.05) is 0 Å². The monoisotopic (exact) mass is 482 g/mol. The Morgan fingerprint density at radius 2 is 1.67 bits per heavy atom. The van der Waals surface area contributed by atoms with E-state index in [0.717, 1.165) is 4.52 Å². The largest absolute Gasteiger partial charge is 0.453 e. The molecular formula is C20H21F3N6O3S. The fourth-order valence-corrected chi connectivity index (χ4v) is 5.21. The molecule has 0 atom stereocenters. The molecule has 0 spiro atoms. The summed E-state index contributed by atoms with van der Waals surface area (Å²) in [6, 6.07) is 8.07. The maximum Gasteiger partial charge on any atom is 0.453 e. The normalized spacial score (nSPS) is 15.8. The minimum absolute atomic E-state index is 0.0900. The molecule has 0 radical (unpaired) electrons. The zero-order chi connectivity index (χ0) is 24.0. The lowest BCUT2D eigenvalue weighted by atomic mass is 10.1. The molecule has 0 unspecified atom stereocenters. The molecule has 0 saturated carbocycles. The number of aromatic nitrogens is 4. The van der Waals surface area contributed by atoms with Gasteiger partial charge >= 0.3 is 6.18 Å². The van der Waals surface area contributed by atoms with Crippen molar-refractivity contribution in [3.05, 3.63) is 53.1 Å². The van der Waals surface area contributed by atoms with Crippen LogP contribution in [0.25, 0.3) is 5.78 Å². The van der Waals surface area contributed by atoms with Crippen LogP contribution in [0.1, 0.15) is 22.8 Å². The van der Waals surface area contributed by atoms with Crippen molar-refractivity contribution in [1.82, 2.24) is 28.8 Å². The highest BCUT2D eigenvalue weighted by Crippen LogP contribution is 2.27. The number of halogens is 3. The number of sulfonamides is 1. The van der Waals surface area contributed by atoms with Crippen molar-refractivity contribution in [1.29, 1.82) is 0 Å². The first-order valence-corrected chi connectivity index (χ1v) is 11.6. The van der Waals surface area contributed by atoms with Gasteiger partial charge in [-0.05, 0) is 26.0 Å². The van der Waals surface area contributed by atoms with E-state index in [9.17, 15) is 26.4 Å². The Morgan fingerprint density at radius 3 is 2.27 bits per heavy atom. The maximum absolute atomic E-state index is 13.0. The van der Waals surface area contributed by atoms with Gasteiger partial charge in [-0.3, -0.25) is 4.79 Å². The average Bonchev–Trinajstić information content (AvgIpc) is 3.22. The molecule has 1 saturated heterocycles. The molecule has 176 valence electrons. The number of fused-ring (bicyclic) bond motifs is 1. The third-order valence-corrected chi connectivity index (χ3v) is 7.52. The smallest absolute Gasteiger partial charge is 0.340 e. The number of nitrogens with zero attached hydrogens (tertiary/aromatic N) is 6. The number of alkyl halides is 3. The third-order valence-electron chi connectivity index (χ3n) is 5.60. The number of carbonyl (C=O) groups excluding carboxylic acids is 1. The summed E-state index contributed by atoms with van der Waals surface area (Å²) < 4.78 is 66.7. The molecule has 3 aromatic rings. The first-order chi connectivity index (χ1) is 15.5. The van der Waals surface area contributed by atoms with Crippen molar-refractivity contribution >= 4 is 21.7 Å². The molecule has 4 rings (SSSR count). The average molecular weight is 482 g/mol. The van der Waals surface area contributed by atoms with Gasteiger partial charge in [-0.1, -0.05) is 18.2 Å². The van der Waals surface area contributed by atoms with Crippen molar-refractivity contribution in [2.75, 3.05) is 26.2 Å². The number of hydrogen-bond acceptors (Lipinski definition) is 6. The quantitative estimate of drug-likeness (QED) is 0.563. The van der Waals surface area contributed by atoms with Crippen LogP contribution in [0, 0.1) is 13.8 Å². The Morgan fingerprint density at radius 1 is 1.03 bits per heavy atom. The molecule has 13 heteroatoms. The molecule has 0 N–H and O–H groups in total. The van der Waals surface area contributed by atoms with Crippen LogP contribution in [-0.2, 0) is 27.4 Å². The van der Waals surface area contributed by atoms with Gasteiger partial charge in [-0.15, -0.1) is 5.10 Å². The minimum Gasteiger partial charge on any atom is -0.340 e. The Balaban J connectivity index is 1.48. The molecule has 1 amide bonds. The Kier molecular flexibility index (Phi) is 5.86. The van der Waals surface area contributed by atoms with Gasteiger partial charge in [0.15, 0.2) is 0 Å². The number of piperazine rings is 1. The lowest BCUT2D eigenvalue weighted by Gasteiger charge is -2.34. The summed E-state index contributed by atoms with van der Waals surface area (Å²) in [6.45, 7) is 3.87. The second-order valence-electron chi connectivity index (χ2n) is 7.68. The fraction of sp³-hybridized carbons (Fsp3) is 0.400. The lowest BCUT2D eigenvalue weighted by Crippen LogP contribution is -2.50. The predicted molar refractivity (Wildman–Crippen MR) is 111 cm³/mol. The fourth-order valence-electron chi connectivity index (χ4n) is 3.77. The molecule has 2 aromatic heterocycles.